The summed E-state index contributed by atoms with van der Waals surface area (Å²) < 4.78 is 6.14. The van der Waals surface area contributed by atoms with Crippen LogP contribution in [0, 0.1) is 5.92 Å². The SMILES string of the molecule is O=c1[nH]c2c([nH]1)=NCN(c1ccccc1Oc1ccc(NCC3CC3)cc1)C=2. The minimum absolute atomic E-state index is 0.258. The lowest BCUT2D eigenvalue weighted by atomic mass is 10.2. The van der Waals surface area contributed by atoms with Gasteiger partial charge in [-0.1, -0.05) is 12.1 Å². The lowest BCUT2D eigenvalue weighted by Crippen LogP contribution is -2.36. The molecule has 3 aromatic rings. The summed E-state index contributed by atoms with van der Waals surface area (Å²) in [6, 6.07) is 15.8. The van der Waals surface area contributed by atoms with Gasteiger partial charge in [0.2, 0.25) is 0 Å². The second kappa shape index (κ2) is 6.92. The van der Waals surface area contributed by atoms with Gasteiger partial charge in [0.05, 0.1) is 5.69 Å². The van der Waals surface area contributed by atoms with Crippen molar-refractivity contribution in [3.8, 4) is 11.5 Å². The Bertz CT molecular complexity index is 1160. The number of hydrogen-bond donors (Lipinski definition) is 3. The number of benzene rings is 2. The summed E-state index contributed by atoms with van der Waals surface area (Å²) in [5, 5.41) is 4.12. The molecule has 0 amide bonds. The fourth-order valence-corrected chi connectivity index (χ4v) is 3.23. The molecule has 7 heteroatoms. The molecular weight excluding hydrogens is 354 g/mol. The molecule has 7 nitrogen and oxygen atoms in total. The smallest absolute Gasteiger partial charge is 0.325 e. The standard InChI is InChI=1S/C21H21N5O2/c27-21-24-17-12-26(13-23-20(17)25-21)18-3-1-2-4-19(18)28-16-9-7-15(8-10-16)22-11-14-5-6-14/h1-4,7-10,12,14,22H,5-6,11,13H2,(H2,23,24,25,27). The maximum Gasteiger partial charge on any atom is 0.325 e. The first-order valence-electron chi connectivity index (χ1n) is 9.47. The molecule has 28 heavy (non-hydrogen) atoms. The predicted molar refractivity (Wildman–Crippen MR) is 108 cm³/mol. The van der Waals surface area contributed by atoms with Gasteiger partial charge >= 0.3 is 5.69 Å². The van der Waals surface area contributed by atoms with E-state index in [2.05, 4.69) is 20.3 Å². The number of rotatable bonds is 6. The van der Waals surface area contributed by atoms with Crippen molar-refractivity contribution in [3.63, 3.8) is 0 Å². The van der Waals surface area contributed by atoms with E-state index in [1.165, 1.54) is 12.8 Å². The first kappa shape index (κ1) is 16.7. The monoisotopic (exact) mass is 375 g/mol. The van der Waals surface area contributed by atoms with Gasteiger partial charge in [0.15, 0.2) is 11.2 Å². The zero-order valence-electron chi connectivity index (χ0n) is 15.3. The normalized spacial score (nSPS) is 15.4. The molecule has 1 aliphatic carbocycles. The highest BCUT2D eigenvalue weighted by Gasteiger charge is 2.20. The largest absolute Gasteiger partial charge is 0.455 e. The van der Waals surface area contributed by atoms with E-state index in [-0.39, 0.29) is 5.69 Å². The average molecular weight is 375 g/mol. The maximum atomic E-state index is 11.5. The zero-order chi connectivity index (χ0) is 18.9. The maximum absolute atomic E-state index is 11.5. The number of anilines is 2. The van der Waals surface area contributed by atoms with Crippen LogP contribution >= 0.6 is 0 Å². The Hall–Kier alpha value is -3.48. The van der Waals surface area contributed by atoms with Crippen LogP contribution in [0.25, 0.3) is 6.20 Å². The highest BCUT2D eigenvalue weighted by atomic mass is 16.5. The number of aromatic amines is 2. The van der Waals surface area contributed by atoms with Gasteiger partial charge in [-0.3, -0.25) is 4.98 Å². The molecule has 5 rings (SSSR count). The van der Waals surface area contributed by atoms with Crippen molar-refractivity contribution in [3.05, 3.63) is 69.9 Å². The Balaban J connectivity index is 1.36. The van der Waals surface area contributed by atoms with Gasteiger partial charge in [-0.05, 0) is 55.2 Å². The predicted octanol–water partition coefficient (Wildman–Crippen LogP) is 2.15. The van der Waals surface area contributed by atoms with Crippen LogP contribution in [-0.4, -0.2) is 23.2 Å². The van der Waals surface area contributed by atoms with Gasteiger partial charge < -0.3 is 19.9 Å². The minimum Gasteiger partial charge on any atom is -0.455 e. The Morgan fingerprint density at radius 2 is 1.93 bits per heavy atom. The van der Waals surface area contributed by atoms with E-state index in [1.807, 2.05) is 59.6 Å². The molecule has 1 aliphatic heterocycles. The summed E-state index contributed by atoms with van der Waals surface area (Å²) in [5.74, 6) is 2.34. The van der Waals surface area contributed by atoms with Crippen molar-refractivity contribution in [1.29, 1.82) is 0 Å². The molecule has 3 N–H and O–H groups in total. The van der Waals surface area contributed by atoms with Crippen LogP contribution in [0.2, 0.25) is 0 Å². The Morgan fingerprint density at radius 3 is 2.75 bits per heavy atom. The van der Waals surface area contributed by atoms with Crippen LogP contribution in [0.3, 0.4) is 0 Å². The first-order chi connectivity index (χ1) is 13.7. The number of nitrogens with one attached hydrogen (secondary N) is 3. The zero-order valence-corrected chi connectivity index (χ0v) is 15.3. The van der Waals surface area contributed by atoms with E-state index in [9.17, 15) is 4.79 Å². The number of hydrogen-bond acceptors (Lipinski definition) is 5. The van der Waals surface area contributed by atoms with Gasteiger partial charge in [0.1, 0.15) is 17.8 Å². The number of fused-ring (bicyclic) bond motifs is 1. The van der Waals surface area contributed by atoms with E-state index < -0.39 is 0 Å². The molecule has 0 bridgehead atoms. The fourth-order valence-electron chi connectivity index (χ4n) is 3.23. The summed E-state index contributed by atoms with van der Waals surface area (Å²) in [7, 11) is 0. The van der Waals surface area contributed by atoms with Crippen LogP contribution in [-0.2, 0) is 0 Å². The fraction of sp³-hybridized carbons (Fsp3) is 0.238. The lowest BCUT2D eigenvalue weighted by molar-refractivity contribution is 0.483. The lowest BCUT2D eigenvalue weighted by Gasteiger charge is -2.22. The topological polar surface area (TPSA) is 85.5 Å². The van der Waals surface area contributed by atoms with E-state index in [0.29, 0.717) is 17.5 Å². The van der Waals surface area contributed by atoms with Crippen molar-refractivity contribution >= 4 is 17.6 Å². The number of para-hydroxylation sites is 2. The molecular formula is C21H21N5O2. The highest BCUT2D eigenvalue weighted by molar-refractivity contribution is 5.67. The molecule has 142 valence electrons. The number of ether oxygens (including phenoxy) is 1. The Labute approximate surface area is 161 Å². The number of H-pyrrole nitrogens is 2. The second-order valence-electron chi connectivity index (χ2n) is 7.16. The van der Waals surface area contributed by atoms with Crippen molar-refractivity contribution in [2.24, 2.45) is 10.9 Å². The van der Waals surface area contributed by atoms with E-state index in [0.717, 1.165) is 35.3 Å². The minimum atomic E-state index is -0.258. The summed E-state index contributed by atoms with van der Waals surface area (Å²) in [6.07, 6.45) is 4.54. The molecule has 0 radical (unpaired) electrons. The van der Waals surface area contributed by atoms with E-state index in [1.54, 1.807) is 0 Å². The van der Waals surface area contributed by atoms with E-state index >= 15 is 0 Å². The highest BCUT2D eigenvalue weighted by Crippen LogP contribution is 2.33. The van der Waals surface area contributed by atoms with Crippen LogP contribution in [0.4, 0.5) is 11.4 Å². The third-order valence-electron chi connectivity index (χ3n) is 4.95. The molecule has 1 fully saturated rings. The summed E-state index contributed by atoms with van der Waals surface area (Å²) in [6.45, 7) is 1.45. The van der Waals surface area contributed by atoms with Gasteiger partial charge in [-0.25, -0.2) is 9.79 Å². The molecule has 0 atom stereocenters. The van der Waals surface area contributed by atoms with Crippen molar-refractivity contribution in [1.82, 2.24) is 9.97 Å². The molecule has 2 aliphatic rings. The number of aromatic nitrogens is 2. The van der Waals surface area contributed by atoms with Crippen LogP contribution in [0.15, 0.2) is 58.3 Å². The Kier molecular flexibility index (Phi) is 4.12. The van der Waals surface area contributed by atoms with Crippen molar-refractivity contribution in [2.45, 2.75) is 12.8 Å². The summed E-state index contributed by atoms with van der Waals surface area (Å²) >= 11 is 0. The molecule has 0 spiro atoms. The quantitative estimate of drug-likeness (QED) is 0.616. The van der Waals surface area contributed by atoms with Gasteiger partial charge in [-0.15, -0.1) is 0 Å². The second-order valence-corrected chi connectivity index (χ2v) is 7.16. The molecule has 1 aromatic heterocycles. The van der Waals surface area contributed by atoms with Crippen LogP contribution in [0.1, 0.15) is 12.8 Å². The van der Waals surface area contributed by atoms with Crippen molar-refractivity contribution < 1.29 is 4.74 Å². The Morgan fingerprint density at radius 1 is 1.11 bits per heavy atom. The van der Waals surface area contributed by atoms with Gasteiger partial charge in [0, 0.05) is 18.4 Å². The molecule has 0 saturated heterocycles. The van der Waals surface area contributed by atoms with E-state index in [4.69, 9.17) is 4.74 Å². The van der Waals surface area contributed by atoms with Crippen LogP contribution in [0.5, 0.6) is 11.5 Å². The molecule has 2 aromatic carbocycles. The first-order valence-corrected chi connectivity index (χ1v) is 9.47. The van der Waals surface area contributed by atoms with Gasteiger partial charge in [-0.2, -0.15) is 0 Å². The third-order valence-corrected chi connectivity index (χ3v) is 4.95. The van der Waals surface area contributed by atoms with Gasteiger partial charge in [0.25, 0.3) is 0 Å². The summed E-state index contributed by atoms with van der Waals surface area (Å²) in [5.41, 5.74) is 2.32. The molecule has 0 unspecified atom stereocenters. The third kappa shape index (κ3) is 3.51. The number of nitrogens with zero attached hydrogens (tertiary/aromatic N) is 2. The van der Waals surface area contributed by atoms with Crippen LogP contribution < -0.4 is 31.5 Å². The summed E-state index contributed by atoms with van der Waals surface area (Å²) in [4.78, 5) is 23.3. The molecule has 1 saturated carbocycles. The molecule has 2 heterocycles. The number of imidazole rings is 1. The average Bonchev–Trinajstić information content (AvgIpc) is 3.47. The van der Waals surface area contributed by atoms with Crippen molar-refractivity contribution in [2.75, 3.05) is 23.4 Å².